The zero-order valence-electron chi connectivity index (χ0n) is 8.31. The van der Waals surface area contributed by atoms with E-state index in [-0.39, 0.29) is 10.7 Å². The topological polar surface area (TPSA) is 72.4 Å². The molecule has 0 saturated carbocycles. The first kappa shape index (κ1) is 11.7. The summed E-state index contributed by atoms with van der Waals surface area (Å²) < 4.78 is 0. The minimum Gasteiger partial charge on any atom is -0.368 e. The van der Waals surface area contributed by atoms with Gasteiger partial charge in [-0.15, -0.1) is 0 Å². The van der Waals surface area contributed by atoms with E-state index < -0.39 is 4.92 Å². The van der Waals surface area contributed by atoms with E-state index in [9.17, 15) is 10.1 Å². The van der Waals surface area contributed by atoms with Crippen LogP contribution in [0.25, 0.3) is 0 Å². The highest BCUT2D eigenvalue weighted by Crippen LogP contribution is 2.34. The smallest absolute Gasteiger partial charge is 0.310 e. The van der Waals surface area contributed by atoms with E-state index in [0.717, 1.165) is 0 Å². The summed E-state index contributed by atoms with van der Waals surface area (Å²) in [5.41, 5.74) is 5.80. The molecule has 0 saturated heterocycles. The van der Waals surface area contributed by atoms with Crippen LogP contribution in [0.5, 0.6) is 0 Å². The number of benzene rings is 1. The largest absolute Gasteiger partial charge is 0.368 e. The first-order chi connectivity index (χ1) is 7.07. The number of hydrogen-bond donors (Lipinski definition) is 1. The summed E-state index contributed by atoms with van der Waals surface area (Å²) in [7, 11) is 1.74. The second-order valence-corrected chi connectivity index (χ2v) is 3.48. The van der Waals surface area contributed by atoms with Gasteiger partial charge in [-0.3, -0.25) is 10.1 Å². The fourth-order valence-corrected chi connectivity index (χ4v) is 1.55. The van der Waals surface area contributed by atoms with Gasteiger partial charge in [-0.2, -0.15) is 0 Å². The first-order valence-corrected chi connectivity index (χ1v) is 4.80. The predicted octanol–water partition coefficient (Wildman–Crippen LogP) is 1.64. The predicted molar refractivity (Wildman–Crippen MR) is 60.4 cm³/mol. The SMILES string of the molecule is CN(CCN)c1cccc(Cl)c1[N+](=O)[O-]. The molecule has 2 N–H and O–H groups in total. The van der Waals surface area contributed by atoms with Crippen LogP contribution in [0.3, 0.4) is 0 Å². The van der Waals surface area contributed by atoms with Gasteiger partial charge in [0.2, 0.25) is 0 Å². The molecule has 0 aromatic heterocycles. The number of halogens is 1. The summed E-state index contributed by atoms with van der Waals surface area (Å²) in [5, 5.41) is 11.0. The molecule has 15 heavy (non-hydrogen) atoms. The Kier molecular flexibility index (Phi) is 3.88. The van der Waals surface area contributed by atoms with Gasteiger partial charge in [0.1, 0.15) is 10.7 Å². The van der Waals surface area contributed by atoms with Crippen LogP contribution < -0.4 is 10.6 Å². The molecule has 0 atom stereocenters. The Morgan fingerprint density at radius 2 is 2.27 bits per heavy atom. The third-order valence-corrected chi connectivity index (χ3v) is 2.33. The molecular weight excluding hydrogens is 218 g/mol. The van der Waals surface area contributed by atoms with Crippen molar-refractivity contribution < 1.29 is 4.92 Å². The lowest BCUT2D eigenvalue weighted by Gasteiger charge is -2.18. The molecule has 0 unspecified atom stereocenters. The highest BCUT2D eigenvalue weighted by molar-refractivity contribution is 6.33. The van der Waals surface area contributed by atoms with Gasteiger partial charge in [0.25, 0.3) is 0 Å². The van der Waals surface area contributed by atoms with Gasteiger partial charge in [-0.1, -0.05) is 17.7 Å². The van der Waals surface area contributed by atoms with Gasteiger partial charge in [-0.05, 0) is 12.1 Å². The molecule has 0 amide bonds. The van der Waals surface area contributed by atoms with Crippen LogP contribution in [0.4, 0.5) is 11.4 Å². The summed E-state index contributed by atoms with van der Waals surface area (Å²) in [6, 6.07) is 4.83. The van der Waals surface area contributed by atoms with Gasteiger partial charge in [0, 0.05) is 20.1 Å². The maximum Gasteiger partial charge on any atom is 0.310 e. The Hall–Kier alpha value is -1.33. The lowest BCUT2D eigenvalue weighted by molar-refractivity contribution is -0.384. The number of nitro groups is 1. The summed E-state index contributed by atoms with van der Waals surface area (Å²) in [5.74, 6) is 0. The van der Waals surface area contributed by atoms with Crippen molar-refractivity contribution in [3.8, 4) is 0 Å². The Labute approximate surface area is 92.6 Å². The van der Waals surface area contributed by atoms with E-state index in [1.807, 2.05) is 0 Å². The fraction of sp³-hybridized carbons (Fsp3) is 0.333. The number of para-hydroxylation sites is 1. The number of hydrogen-bond acceptors (Lipinski definition) is 4. The van der Waals surface area contributed by atoms with Crippen molar-refractivity contribution in [2.75, 3.05) is 25.0 Å². The quantitative estimate of drug-likeness (QED) is 0.629. The summed E-state index contributed by atoms with van der Waals surface area (Å²) in [4.78, 5) is 12.0. The van der Waals surface area contributed by atoms with Gasteiger partial charge < -0.3 is 10.6 Å². The number of nitro benzene ring substituents is 1. The molecule has 0 aliphatic heterocycles. The van der Waals surface area contributed by atoms with Gasteiger partial charge in [-0.25, -0.2) is 0 Å². The van der Waals surface area contributed by atoms with Crippen LogP contribution in [-0.2, 0) is 0 Å². The lowest BCUT2D eigenvalue weighted by atomic mass is 10.2. The Morgan fingerprint density at radius 3 is 2.80 bits per heavy atom. The monoisotopic (exact) mass is 229 g/mol. The number of likely N-dealkylation sites (N-methyl/N-ethyl adjacent to an activating group) is 1. The molecule has 5 nitrogen and oxygen atoms in total. The van der Waals surface area contributed by atoms with Crippen LogP contribution in [0.15, 0.2) is 18.2 Å². The minimum absolute atomic E-state index is 0.0740. The molecule has 0 bridgehead atoms. The second-order valence-electron chi connectivity index (χ2n) is 3.07. The normalized spacial score (nSPS) is 10.1. The average Bonchev–Trinajstić information content (AvgIpc) is 2.17. The number of nitrogens with two attached hydrogens (primary N) is 1. The molecule has 0 aliphatic rings. The summed E-state index contributed by atoms with van der Waals surface area (Å²) in [6.07, 6.45) is 0. The maximum atomic E-state index is 10.8. The number of rotatable bonds is 4. The maximum absolute atomic E-state index is 10.8. The van der Waals surface area contributed by atoms with E-state index in [2.05, 4.69) is 0 Å². The van der Waals surface area contributed by atoms with E-state index in [0.29, 0.717) is 18.8 Å². The molecule has 0 heterocycles. The highest BCUT2D eigenvalue weighted by atomic mass is 35.5. The molecule has 6 heteroatoms. The lowest BCUT2D eigenvalue weighted by Crippen LogP contribution is -2.25. The first-order valence-electron chi connectivity index (χ1n) is 4.42. The molecule has 1 aromatic carbocycles. The standard InChI is InChI=1S/C9H12ClN3O2/c1-12(6-5-11)8-4-2-3-7(10)9(8)13(14)15/h2-4H,5-6,11H2,1H3. The van der Waals surface area contributed by atoms with Crippen LogP contribution in [-0.4, -0.2) is 25.1 Å². The van der Waals surface area contributed by atoms with E-state index in [1.54, 1.807) is 24.1 Å². The van der Waals surface area contributed by atoms with Crippen LogP contribution >= 0.6 is 11.6 Å². The molecular formula is C9H12ClN3O2. The minimum atomic E-state index is -0.481. The van der Waals surface area contributed by atoms with Crippen molar-refractivity contribution in [1.82, 2.24) is 0 Å². The summed E-state index contributed by atoms with van der Waals surface area (Å²) in [6.45, 7) is 0.974. The van der Waals surface area contributed by atoms with Crippen molar-refractivity contribution in [3.63, 3.8) is 0 Å². The van der Waals surface area contributed by atoms with Gasteiger partial charge in [0.15, 0.2) is 0 Å². The van der Waals surface area contributed by atoms with E-state index in [1.165, 1.54) is 6.07 Å². The molecule has 1 rings (SSSR count). The molecule has 1 aromatic rings. The van der Waals surface area contributed by atoms with Gasteiger partial charge >= 0.3 is 5.69 Å². The second kappa shape index (κ2) is 4.95. The van der Waals surface area contributed by atoms with Crippen molar-refractivity contribution in [2.45, 2.75) is 0 Å². The van der Waals surface area contributed by atoms with Crippen molar-refractivity contribution >= 4 is 23.0 Å². The van der Waals surface area contributed by atoms with E-state index >= 15 is 0 Å². The Morgan fingerprint density at radius 1 is 1.60 bits per heavy atom. The summed E-state index contributed by atoms with van der Waals surface area (Å²) >= 11 is 5.77. The fourth-order valence-electron chi connectivity index (χ4n) is 1.31. The number of anilines is 1. The average molecular weight is 230 g/mol. The molecule has 0 spiro atoms. The van der Waals surface area contributed by atoms with Crippen LogP contribution in [0.1, 0.15) is 0 Å². The Bertz CT molecular complexity index is 370. The molecule has 0 radical (unpaired) electrons. The van der Waals surface area contributed by atoms with Crippen molar-refractivity contribution in [2.24, 2.45) is 5.73 Å². The van der Waals surface area contributed by atoms with E-state index in [4.69, 9.17) is 17.3 Å². The highest BCUT2D eigenvalue weighted by Gasteiger charge is 2.20. The van der Waals surface area contributed by atoms with Gasteiger partial charge in [0.05, 0.1) is 4.92 Å². The van der Waals surface area contributed by atoms with Crippen LogP contribution in [0.2, 0.25) is 5.02 Å². The van der Waals surface area contributed by atoms with Crippen molar-refractivity contribution in [3.05, 3.63) is 33.3 Å². The molecule has 0 aliphatic carbocycles. The third kappa shape index (κ3) is 2.57. The zero-order valence-corrected chi connectivity index (χ0v) is 9.07. The molecule has 0 fully saturated rings. The zero-order chi connectivity index (χ0) is 11.4. The van der Waals surface area contributed by atoms with Crippen LogP contribution in [0, 0.1) is 10.1 Å². The Balaban J connectivity index is 3.16. The number of nitrogens with zero attached hydrogens (tertiary/aromatic N) is 2. The van der Waals surface area contributed by atoms with Crippen molar-refractivity contribution in [1.29, 1.82) is 0 Å². The molecule has 82 valence electrons. The third-order valence-electron chi connectivity index (χ3n) is 2.02.